The highest BCUT2D eigenvalue weighted by Crippen LogP contribution is 2.29. The first-order valence-corrected chi connectivity index (χ1v) is 6.03. The molecule has 1 aliphatic heterocycles. The fraction of sp³-hybridized carbons (Fsp3) is 0.538. The van der Waals surface area contributed by atoms with Crippen LogP contribution in [0.3, 0.4) is 0 Å². The third-order valence-corrected chi connectivity index (χ3v) is 3.38. The van der Waals surface area contributed by atoms with Crippen molar-refractivity contribution >= 4 is 5.69 Å². The van der Waals surface area contributed by atoms with Gasteiger partial charge in [-0.3, -0.25) is 11.3 Å². The van der Waals surface area contributed by atoms with Crippen LogP contribution in [0.5, 0.6) is 0 Å². The molecule has 0 spiro atoms. The minimum atomic E-state index is 0.189. The molecule has 4 heteroatoms. The first-order chi connectivity index (χ1) is 8.22. The van der Waals surface area contributed by atoms with Crippen molar-refractivity contribution < 1.29 is 4.74 Å². The molecule has 17 heavy (non-hydrogen) atoms. The van der Waals surface area contributed by atoms with Crippen molar-refractivity contribution in [2.75, 3.05) is 32.2 Å². The summed E-state index contributed by atoms with van der Waals surface area (Å²) in [5.74, 6) is 6.14. The number of nitrogens with one attached hydrogen (secondary N) is 1. The molecule has 0 aliphatic carbocycles. The summed E-state index contributed by atoms with van der Waals surface area (Å²) in [6, 6.07) is 8.70. The van der Waals surface area contributed by atoms with Crippen molar-refractivity contribution in [3.05, 3.63) is 29.8 Å². The number of benzene rings is 1. The minimum Gasteiger partial charge on any atom is -0.381 e. The first-order valence-electron chi connectivity index (χ1n) is 6.03. The second-order valence-corrected chi connectivity index (χ2v) is 4.75. The first kappa shape index (κ1) is 12.4. The molecule has 1 aromatic rings. The van der Waals surface area contributed by atoms with Gasteiger partial charge in [-0.1, -0.05) is 12.1 Å². The van der Waals surface area contributed by atoms with E-state index in [9.17, 15) is 0 Å². The number of nitrogens with two attached hydrogens (primary N) is 1. The zero-order chi connectivity index (χ0) is 12.3. The predicted molar refractivity (Wildman–Crippen MR) is 69.8 cm³/mol. The SMILES string of the molecule is CN(C)c1ccc(C(NN)C2CCOC2)cc1. The van der Waals surface area contributed by atoms with E-state index in [4.69, 9.17) is 10.6 Å². The van der Waals surface area contributed by atoms with Gasteiger partial charge in [0.25, 0.3) is 0 Å². The van der Waals surface area contributed by atoms with E-state index in [0.717, 1.165) is 19.6 Å². The monoisotopic (exact) mass is 235 g/mol. The second-order valence-electron chi connectivity index (χ2n) is 4.75. The van der Waals surface area contributed by atoms with Crippen molar-refractivity contribution in [1.29, 1.82) is 0 Å². The molecule has 1 aromatic carbocycles. The molecule has 4 nitrogen and oxygen atoms in total. The van der Waals surface area contributed by atoms with E-state index < -0.39 is 0 Å². The van der Waals surface area contributed by atoms with Gasteiger partial charge in [-0.2, -0.15) is 0 Å². The van der Waals surface area contributed by atoms with Gasteiger partial charge in [0.05, 0.1) is 12.6 Å². The Kier molecular flexibility index (Phi) is 3.99. The lowest BCUT2D eigenvalue weighted by Crippen LogP contribution is -2.33. The van der Waals surface area contributed by atoms with Crippen molar-refractivity contribution in [3.8, 4) is 0 Å². The molecule has 2 unspecified atom stereocenters. The van der Waals surface area contributed by atoms with Crippen LogP contribution in [0.2, 0.25) is 0 Å². The summed E-state index contributed by atoms with van der Waals surface area (Å²) in [5, 5.41) is 0. The summed E-state index contributed by atoms with van der Waals surface area (Å²) in [6.07, 6.45) is 1.07. The van der Waals surface area contributed by atoms with Gasteiger partial charge in [-0.25, -0.2) is 0 Å². The van der Waals surface area contributed by atoms with Crippen molar-refractivity contribution in [3.63, 3.8) is 0 Å². The maximum absolute atomic E-state index is 5.67. The van der Waals surface area contributed by atoms with Crippen LogP contribution in [0.25, 0.3) is 0 Å². The maximum atomic E-state index is 5.67. The molecule has 1 saturated heterocycles. The zero-order valence-corrected chi connectivity index (χ0v) is 10.5. The van der Waals surface area contributed by atoms with Gasteiger partial charge in [0.1, 0.15) is 0 Å². The fourth-order valence-corrected chi connectivity index (χ4v) is 2.30. The van der Waals surface area contributed by atoms with Gasteiger partial charge in [0.15, 0.2) is 0 Å². The number of anilines is 1. The number of hydrogen-bond donors (Lipinski definition) is 2. The van der Waals surface area contributed by atoms with E-state index in [1.54, 1.807) is 0 Å². The molecule has 1 heterocycles. The van der Waals surface area contributed by atoms with Crippen molar-refractivity contribution in [2.24, 2.45) is 11.8 Å². The van der Waals surface area contributed by atoms with Gasteiger partial charge < -0.3 is 9.64 Å². The quantitative estimate of drug-likeness (QED) is 0.610. The van der Waals surface area contributed by atoms with Crippen LogP contribution in [0.15, 0.2) is 24.3 Å². The topological polar surface area (TPSA) is 50.5 Å². The summed E-state index contributed by atoms with van der Waals surface area (Å²) in [6.45, 7) is 1.64. The highest BCUT2D eigenvalue weighted by Gasteiger charge is 2.26. The summed E-state index contributed by atoms with van der Waals surface area (Å²) in [5.41, 5.74) is 5.35. The van der Waals surface area contributed by atoms with Crippen LogP contribution in [0, 0.1) is 5.92 Å². The van der Waals surface area contributed by atoms with E-state index in [0.29, 0.717) is 5.92 Å². The highest BCUT2D eigenvalue weighted by molar-refractivity contribution is 5.46. The Morgan fingerprint density at radius 2 is 2.06 bits per heavy atom. The van der Waals surface area contributed by atoms with Crippen LogP contribution < -0.4 is 16.2 Å². The standard InChI is InChI=1S/C13H21N3O/c1-16(2)12-5-3-10(4-6-12)13(15-14)11-7-8-17-9-11/h3-6,11,13,15H,7-9,14H2,1-2H3. The Bertz CT molecular complexity index is 344. The van der Waals surface area contributed by atoms with Gasteiger partial charge >= 0.3 is 0 Å². The minimum absolute atomic E-state index is 0.189. The fourth-order valence-electron chi connectivity index (χ4n) is 2.30. The zero-order valence-electron chi connectivity index (χ0n) is 10.5. The lowest BCUT2D eigenvalue weighted by atomic mass is 9.93. The predicted octanol–water partition coefficient (Wildman–Crippen LogP) is 1.29. The molecule has 3 N–H and O–H groups in total. The van der Waals surface area contributed by atoms with E-state index in [2.05, 4.69) is 34.6 Å². The lowest BCUT2D eigenvalue weighted by molar-refractivity contribution is 0.177. The van der Waals surface area contributed by atoms with Gasteiger partial charge in [-0.15, -0.1) is 0 Å². The van der Waals surface area contributed by atoms with Crippen molar-refractivity contribution in [2.45, 2.75) is 12.5 Å². The molecule has 1 fully saturated rings. The Labute approximate surface area is 103 Å². The van der Waals surface area contributed by atoms with Crippen molar-refractivity contribution in [1.82, 2.24) is 5.43 Å². The van der Waals surface area contributed by atoms with Crippen LogP contribution >= 0.6 is 0 Å². The molecule has 1 aliphatic rings. The molecule has 0 amide bonds. The lowest BCUT2D eigenvalue weighted by Gasteiger charge is -2.22. The Balaban J connectivity index is 2.13. The molecule has 0 saturated carbocycles. The molecule has 0 radical (unpaired) electrons. The van der Waals surface area contributed by atoms with Crippen LogP contribution in [-0.2, 0) is 4.74 Å². The Morgan fingerprint density at radius 1 is 1.35 bits per heavy atom. The van der Waals surface area contributed by atoms with Crippen LogP contribution in [0.1, 0.15) is 18.0 Å². The van der Waals surface area contributed by atoms with Gasteiger partial charge in [0, 0.05) is 32.3 Å². The number of nitrogens with zero attached hydrogens (tertiary/aromatic N) is 1. The summed E-state index contributed by atoms with van der Waals surface area (Å²) in [4.78, 5) is 2.09. The molecule has 0 bridgehead atoms. The van der Waals surface area contributed by atoms with Crippen LogP contribution in [-0.4, -0.2) is 27.3 Å². The smallest absolute Gasteiger partial charge is 0.0513 e. The second kappa shape index (κ2) is 5.49. The molecule has 2 atom stereocenters. The summed E-state index contributed by atoms with van der Waals surface area (Å²) < 4.78 is 5.42. The maximum Gasteiger partial charge on any atom is 0.0513 e. The van der Waals surface area contributed by atoms with Gasteiger partial charge in [-0.05, 0) is 24.1 Å². The Morgan fingerprint density at radius 3 is 2.53 bits per heavy atom. The summed E-state index contributed by atoms with van der Waals surface area (Å²) in [7, 11) is 4.08. The number of hydrazine groups is 1. The normalized spacial score (nSPS) is 21.5. The summed E-state index contributed by atoms with van der Waals surface area (Å²) >= 11 is 0. The van der Waals surface area contributed by atoms with Crippen LogP contribution in [0.4, 0.5) is 5.69 Å². The Hall–Kier alpha value is -1.10. The highest BCUT2D eigenvalue weighted by atomic mass is 16.5. The number of hydrogen-bond acceptors (Lipinski definition) is 4. The number of ether oxygens (including phenoxy) is 1. The van der Waals surface area contributed by atoms with E-state index in [-0.39, 0.29) is 6.04 Å². The average Bonchev–Trinajstić information content (AvgIpc) is 2.84. The average molecular weight is 235 g/mol. The molecule has 2 rings (SSSR count). The number of rotatable bonds is 4. The molecule has 0 aromatic heterocycles. The molecular formula is C13H21N3O. The molecular weight excluding hydrogens is 214 g/mol. The van der Waals surface area contributed by atoms with E-state index in [1.807, 2.05) is 14.1 Å². The third-order valence-electron chi connectivity index (χ3n) is 3.38. The van der Waals surface area contributed by atoms with Gasteiger partial charge in [0.2, 0.25) is 0 Å². The van der Waals surface area contributed by atoms with E-state index in [1.165, 1.54) is 11.3 Å². The molecule has 94 valence electrons. The van der Waals surface area contributed by atoms with E-state index >= 15 is 0 Å². The largest absolute Gasteiger partial charge is 0.381 e. The third kappa shape index (κ3) is 2.77.